The molecule has 1 atom stereocenters. The van der Waals surface area contributed by atoms with Gasteiger partial charge in [-0.1, -0.05) is 60.1 Å². The minimum absolute atomic E-state index is 0.00739. The normalized spacial score (nSPS) is 11.9. The number of carbonyl (C=O) groups is 1. The first-order valence-corrected chi connectivity index (χ1v) is 9.05. The van der Waals surface area contributed by atoms with Crippen molar-refractivity contribution in [3.63, 3.8) is 0 Å². The number of aromatic nitrogens is 2. The summed E-state index contributed by atoms with van der Waals surface area (Å²) in [6, 6.07) is 17.7. The molecule has 0 aliphatic heterocycles. The van der Waals surface area contributed by atoms with Crippen LogP contribution in [-0.2, 0) is 18.3 Å². The summed E-state index contributed by atoms with van der Waals surface area (Å²) in [6.07, 6.45) is 4.73. The van der Waals surface area contributed by atoms with Gasteiger partial charge in [0.1, 0.15) is 5.82 Å². The van der Waals surface area contributed by atoms with Crippen LogP contribution in [0, 0.1) is 0 Å². The monoisotopic (exact) mass is 367 g/mol. The van der Waals surface area contributed by atoms with Crippen LogP contribution in [0.3, 0.4) is 0 Å². The molecule has 1 amide bonds. The molecule has 0 saturated heterocycles. The maximum atomic E-state index is 12.5. The van der Waals surface area contributed by atoms with Gasteiger partial charge in [-0.3, -0.25) is 4.79 Å². The molecule has 1 heterocycles. The number of aryl methyl sites for hydroxylation is 1. The van der Waals surface area contributed by atoms with Gasteiger partial charge in [-0.05, 0) is 17.2 Å². The molecule has 0 aliphatic carbocycles. The van der Waals surface area contributed by atoms with Crippen molar-refractivity contribution in [3.8, 4) is 0 Å². The zero-order valence-electron chi connectivity index (χ0n) is 14.7. The summed E-state index contributed by atoms with van der Waals surface area (Å²) in [5.41, 5.74) is 2.06. The number of carbonyl (C=O) groups excluding carboxylic acids is 1. The molecule has 4 nitrogen and oxygen atoms in total. The van der Waals surface area contributed by atoms with Crippen LogP contribution in [0.1, 0.15) is 29.3 Å². The minimum atomic E-state index is -0.0712. The van der Waals surface area contributed by atoms with E-state index in [2.05, 4.69) is 10.3 Å². The fourth-order valence-electron chi connectivity index (χ4n) is 3.06. The van der Waals surface area contributed by atoms with Crippen molar-refractivity contribution in [3.05, 3.63) is 89.0 Å². The lowest BCUT2D eigenvalue weighted by molar-refractivity contribution is -0.121. The summed E-state index contributed by atoms with van der Waals surface area (Å²) in [5, 5.41) is 3.68. The summed E-state index contributed by atoms with van der Waals surface area (Å²) in [6.45, 7) is 0.563. The van der Waals surface area contributed by atoms with Crippen molar-refractivity contribution >= 4 is 17.5 Å². The number of halogens is 1. The molecule has 1 aromatic heterocycles. The number of rotatable bonds is 7. The number of amides is 1. The lowest BCUT2D eigenvalue weighted by atomic mass is 9.88. The van der Waals surface area contributed by atoms with Crippen LogP contribution in [0.25, 0.3) is 0 Å². The highest BCUT2D eigenvalue weighted by Gasteiger charge is 2.20. The predicted octanol–water partition coefficient (Wildman–Crippen LogP) is 3.95. The second-order valence-corrected chi connectivity index (χ2v) is 6.65. The molecule has 0 unspecified atom stereocenters. The van der Waals surface area contributed by atoms with Crippen molar-refractivity contribution < 1.29 is 4.79 Å². The Morgan fingerprint density at radius 2 is 1.88 bits per heavy atom. The first-order chi connectivity index (χ1) is 12.6. The van der Waals surface area contributed by atoms with Gasteiger partial charge in [-0.25, -0.2) is 4.98 Å². The van der Waals surface area contributed by atoms with Crippen LogP contribution in [0.15, 0.2) is 67.0 Å². The summed E-state index contributed by atoms with van der Waals surface area (Å²) in [5.74, 6) is 0.891. The van der Waals surface area contributed by atoms with Gasteiger partial charge in [0, 0.05) is 49.8 Å². The van der Waals surface area contributed by atoms with Gasteiger partial charge in [0.05, 0.1) is 0 Å². The zero-order valence-corrected chi connectivity index (χ0v) is 15.5. The average molecular weight is 368 g/mol. The third kappa shape index (κ3) is 4.52. The molecule has 0 spiro atoms. The number of nitrogens with zero attached hydrogens (tertiary/aromatic N) is 2. The molecule has 1 N–H and O–H groups in total. The SMILES string of the molecule is Cn1ccnc1CCNC(=O)C[C@H](c1ccccc1)c1ccccc1Cl. The Kier molecular flexibility index (Phi) is 6.08. The fourth-order valence-corrected chi connectivity index (χ4v) is 3.33. The quantitative estimate of drug-likeness (QED) is 0.687. The van der Waals surface area contributed by atoms with Crippen LogP contribution in [0.5, 0.6) is 0 Å². The Labute approximate surface area is 158 Å². The van der Waals surface area contributed by atoms with Crippen LogP contribution in [0.4, 0.5) is 0 Å². The van der Waals surface area contributed by atoms with Crippen LogP contribution < -0.4 is 5.32 Å². The number of hydrogen-bond donors (Lipinski definition) is 1. The molecule has 2 aromatic carbocycles. The number of imidazole rings is 1. The highest BCUT2D eigenvalue weighted by molar-refractivity contribution is 6.31. The van der Waals surface area contributed by atoms with Gasteiger partial charge in [0.15, 0.2) is 0 Å². The van der Waals surface area contributed by atoms with Crippen molar-refractivity contribution in [1.82, 2.24) is 14.9 Å². The molecule has 0 saturated carbocycles. The van der Waals surface area contributed by atoms with E-state index in [0.717, 1.165) is 17.0 Å². The Hall–Kier alpha value is -2.59. The molecule has 134 valence electrons. The third-order valence-electron chi connectivity index (χ3n) is 4.46. The van der Waals surface area contributed by atoms with E-state index >= 15 is 0 Å². The van der Waals surface area contributed by atoms with E-state index in [1.165, 1.54) is 0 Å². The van der Waals surface area contributed by atoms with Gasteiger partial charge in [-0.2, -0.15) is 0 Å². The molecule has 26 heavy (non-hydrogen) atoms. The lowest BCUT2D eigenvalue weighted by Crippen LogP contribution is -2.28. The molecule has 3 rings (SSSR count). The Morgan fingerprint density at radius 1 is 1.15 bits per heavy atom. The van der Waals surface area contributed by atoms with E-state index in [1.807, 2.05) is 72.4 Å². The maximum Gasteiger partial charge on any atom is 0.220 e. The first kappa shape index (κ1) is 18.2. The van der Waals surface area contributed by atoms with Gasteiger partial charge >= 0.3 is 0 Å². The predicted molar refractivity (Wildman–Crippen MR) is 104 cm³/mol. The molecule has 0 aliphatic rings. The van der Waals surface area contributed by atoms with Gasteiger partial charge in [0.25, 0.3) is 0 Å². The van der Waals surface area contributed by atoms with Crippen molar-refractivity contribution in [2.45, 2.75) is 18.8 Å². The molecule has 3 aromatic rings. The van der Waals surface area contributed by atoms with Crippen molar-refractivity contribution in [2.75, 3.05) is 6.54 Å². The lowest BCUT2D eigenvalue weighted by Gasteiger charge is -2.19. The molecular weight excluding hydrogens is 346 g/mol. The average Bonchev–Trinajstić information content (AvgIpc) is 3.06. The van der Waals surface area contributed by atoms with E-state index in [9.17, 15) is 4.79 Å². The largest absolute Gasteiger partial charge is 0.356 e. The molecule has 0 bridgehead atoms. The van der Waals surface area contributed by atoms with E-state index in [-0.39, 0.29) is 11.8 Å². The standard InChI is InChI=1S/C21H22ClN3O/c1-25-14-13-23-20(25)11-12-24-21(26)15-18(16-7-3-2-4-8-16)17-9-5-6-10-19(17)22/h2-10,13-14,18H,11-12,15H2,1H3,(H,24,26)/t18-/m1/s1. The Morgan fingerprint density at radius 3 is 2.58 bits per heavy atom. The van der Waals surface area contributed by atoms with Gasteiger partial charge in [-0.15, -0.1) is 0 Å². The van der Waals surface area contributed by atoms with Crippen molar-refractivity contribution in [1.29, 1.82) is 0 Å². The Bertz CT molecular complexity index is 860. The highest BCUT2D eigenvalue weighted by atomic mass is 35.5. The second-order valence-electron chi connectivity index (χ2n) is 6.24. The summed E-state index contributed by atoms with van der Waals surface area (Å²) in [4.78, 5) is 16.8. The Balaban J connectivity index is 1.69. The summed E-state index contributed by atoms with van der Waals surface area (Å²) in [7, 11) is 1.95. The highest BCUT2D eigenvalue weighted by Crippen LogP contribution is 2.32. The summed E-state index contributed by atoms with van der Waals surface area (Å²) < 4.78 is 1.96. The van der Waals surface area contributed by atoms with E-state index in [1.54, 1.807) is 6.20 Å². The van der Waals surface area contributed by atoms with Crippen molar-refractivity contribution in [2.24, 2.45) is 7.05 Å². The molecule has 0 fully saturated rings. The van der Waals surface area contributed by atoms with Crippen LogP contribution in [-0.4, -0.2) is 22.0 Å². The fraction of sp³-hybridized carbons (Fsp3) is 0.238. The van der Waals surface area contributed by atoms with Gasteiger partial charge < -0.3 is 9.88 Å². The second kappa shape index (κ2) is 8.68. The smallest absolute Gasteiger partial charge is 0.220 e. The number of benzene rings is 2. The first-order valence-electron chi connectivity index (χ1n) is 8.67. The molecule has 0 radical (unpaired) electrons. The molecule has 5 heteroatoms. The van der Waals surface area contributed by atoms with Crippen LogP contribution in [0.2, 0.25) is 5.02 Å². The van der Waals surface area contributed by atoms with Crippen LogP contribution >= 0.6 is 11.6 Å². The number of hydrogen-bond acceptors (Lipinski definition) is 2. The van der Waals surface area contributed by atoms with E-state index in [4.69, 9.17) is 11.6 Å². The minimum Gasteiger partial charge on any atom is -0.356 e. The zero-order chi connectivity index (χ0) is 18.4. The van der Waals surface area contributed by atoms with E-state index in [0.29, 0.717) is 24.4 Å². The number of nitrogens with one attached hydrogen (secondary N) is 1. The topological polar surface area (TPSA) is 46.9 Å². The maximum absolute atomic E-state index is 12.5. The third-order valence-corrected chi connectivity index (χ3v) is 4.81. The van der Waals surface area contributed by atoms with Gasteiger partial charge in [0.2, 0.25) is 5.91 Å². The summed E-state index contributed by atoms with van der Waals surface area (Å²) >= 11 is 6.40. The molecular formula is C21H22ClN3O. The van der Waals surface area contributed by atoms with E-state index < -0.39 is 0 Å².